The molecule has 0 saturated heterocycles. The van der Waals surface area contributed by atoms with Crippen molar-refractivity contribution in [2.75, 3.05) is 21.2 Å². The van der Waals surface area contributed by atoms with Gasteiger partial charge in [-0.25, -0.2) is 0 Å². The lowest BCUT2D eigenvalue weighted by molar-refractivity contribution is 0.0824. The van der Waals surface area contributed by atoms with Gasteiger partial charge in [0.1, 0.15) is 5.75 Å². The number of H-pyrrole nitrogens is 1. The molecule has 3 aromatic rings. The summed E-state index contributed by atoms with van der Waals surface area (Å²) in [4.78, 5) is 19.2. The molecule has 4 nitrogen and oxygen atoms in total. The molecule has 1 N–H and O–H groups in total. The third kappa shape index (κ3) is 2.92. The number of methoxy groups -OCH3 is 1. The molecule has 0 saturated carbocycles. The molecule has 0 bridgehead atoms. The van der Waals surface area contributed by atoms with E-state index in [9.17, 15) is 4.79 Å². The lowest BCUT2D eigenvalue weighted by atomic mass is 10.2. The predicted octanol–water partition coefficient (Wildman–Crippen LogP) is 4.03. The Morgan fingerprint density at radius 3 is 2.61 bits per heavy atom. The molecule has 23 heavy (non-hydrogen) atoms. The van der Waals surface area contributed by atoms with Crippen LogP contribution in [0.5, 0.6) is 5.75 Å². The van der Waals surface area contributed by atoms with Crippen molar-refractivity contribution in [3.8, 4) is 5.75 Å². The Morgan fingerprint density at radius 2 is 1.87 bits per heavy atom. The fourth-order valence-corrected chi connectivity index (χ4v) is 3.54. The van der Waals surface area contributed by atoms with Gasteiger partial charge in [-0.3, -0.25) is 4.79 Å². The average molecular weight is 326 g/mol. The minimum atomic E-state index is -0.0000868. The first-order valence-corrected chi connectivity index (χ1v) is 8.06. The second-order valence-corrected chi connectivity index (χ2v) is 6.42. The van der Waals surface area contributed by atoms with Crippen molar-refractivity contribution in [1.82, 2.24) is 9.88 Å². The van der Waals surface area contributed by atoms with E-state index in [1.807, 2.05) is 48.7 Å². The van der Waals surface area contributed by atoms with E-state index >= 15 is 0 Å². The van der Waals surface area contributed by atoms with Crippen molar-refractivity contribution in [3.05, 3.63) is 54.2 Å². The lowest BCUT2D eigenvalue weighted by Crippen LogP contribution is -2.22. The zero-order valence-electron chi connectivity index (χ0n) is 13.3. The van der Waals surface area contributed by atoms with Gasteiger partial charge in [-0.2, -0.15) is 0 Å². The number of fused-ring (bicyclic) bond motifs is 1. The van der Waals surface area contributed by atoms with Gasteiger partial charge in [0.05, 0.1) is 23.6 Å². The highest BCUT2D eigenvalue weighted by Gasteiger charge is 2.16. The topological polar surface area (TPSA) is 45.3 Å². The number of amides is 1. The zero-order chi connectivity index (χ0) is 16.4. The molecule has 3 rings (SSSR count). The molecule has 1 amide bonds. The maximum absolute atomic E-state index is 12.4. The quantitative estimate of drug-likeness (QED) is 0.787. The Bertz CT molecular complexity index is 855. The number of aromatic amines is 1. The molecule has 1 heterocycles. The van der Waals surface area contributed by atoms with Crippen LogP contribution in [0.25, 0.3) is 10.9 Å². The van der Waals surface area contributed by atoms with Gasteiger partial charge in [0.2, 0.25) is 0 Å². The number of rotatable bonds is 4. The van der Waals surface area contributed by atoms with Crippen LogP contribution >= 0.6 is 11.8 Å². The van der Waals surface area contributed by atoms with Crippen molar-refractivity contribution < 1.29 is 9.53 Å². The van der Waals surface area contributed by atoms with Crippen LogP contribution in [0, 0.1) is 0 Å². The summed E-state index contributed by atoms with van der Waals surface area (Å²) in [7, 11) is 5.19. The van der Waals surface area contributed by atoms with Crippen molar-refractivity contribution >= 4 is 28.6 Å². The largest absolute Gasteiger partial charge is 0.496 e. The number of carbonyl (C=O) groups is 1. The summed E-state index contributed by atoms with van der Waals surface area (Å²) in [6, 6.07) is 13.6. The van der Waals surface area contributed by atoms with Gasteiger partial charge in [0.15, 0.2) is 0 Å². The van der Waals surface area contributed by atoms with E-state index < -0.39 is 0 Å². The Kier molecular flexibility index (Phi) is 4.30. The van der Waals surface area contributed by atoms with E-state index in [1.165, 1.54) is 0 Å². The molecule has 1 aromatic heterocycles. The number of benzene rings is 2. The zero-order valence-corrected chi connectivity index (χ0v) is 14.1. The molecule has 0 aliphatic rings. The van der Waals surface area contributed by atoms with Crippen LogP contribution in [0.1, 0.15) is 10.4 Å². The highest BCUT2D eigenvalue weighted by molar-refractivity contribution is 7.99. The Balaban J connectivity index is 2.05. The second-order valence-electron chi connectivity index (χ2n) is 5.33. The van der Waals surface area contributed by atoms with E-state index in [-0.39, 0.29) is 5.91 Å². The summed E-state index contributed by atoms with van der Waals surface area (Å²) >= 11 is 1.57. The van der Waals surface area contributed by atoms with E-state index in [2.05, 4.69) is 4.98 Å². The molecule has 2 aromatic carbocycles. The minimum Gasteiger partial charge on any atom is -0.496 e. The highest BCUT2D eigenvalue weighted by atomic mass is 32.2. The summed E-state index contributed by atoms with van der Waals surface area (Å²) in [5.74, 6) is 0.822. The van der Waals surface area contributed by atoms with Crippen molar-refractivity contribution in [3.63, 3.8) is 0 Å². The first kappa shape index (κ1) is 15.5. The van der Waals surface area contributed by atoms with Crippen LogP contribution in [0.15, 0.2) is 58.5 Å². The summed E-state index contributed by atoms with van der Waals surface area (Å²) in [5, 5.41) is 1.03. The van der Waals surface area contributed by atoms with Gasteiger partial charge in [-0.15, -0.1) is 0 Å². The number of aromatic nitrogens is 1. The standard InChI is InChI=1S/C18H18N2O2S/c1-20(2)18(21)12-7-4-5-10-15(12)23-16-11-19-13-8-6-9-14(22-3)17(13)16/h4-11,19H,1-3H3. The summed E-state index contributed by atoms with van der Waals surface area (Å²) in [6.07, 6.45) is 1.95. The summed E-state index contributed by atoms with van der Waals surface area (Å²) in [5.41, 5.74) is 1.72. The number of nitrogens with zero attached hydrogens (tertiary/aromatic N) is 1. The molecule has 5 heteroatoms. The van der Waals surface area contributed by atoms with E-state index in [0.29, 0.717) is 5.56 Å². The number of nitrogens with one attached hydrogen (secondary N) is 1. The molecule has 0 radical (unpaired) electrons. The molecule has 0 spiro atoms. The van der Waals surface area contributed by atoms with Crippen molar-refractivity contribution in [2.45, 2.75) is 9.79 Å². The smallest absolute Gasteiger partial charge is 0.254 e. The third-order valence-corrected chi connectivity index (χ3v) is 4.71. The number of hydrogen-bond acceptors (Lipinski definition) is 3. The van der Waals surface area contributed by atoms with Gasteiger partial charge in [-0.05, 0) is 24.3 Å². The molecular weight excluding hydrogens is 308 g/mol. The van der Waals surface area contributed by atoms with E-state index in [1.54, 1.807) is 37.9 Å². The molecule has 0 fully saturated rings. The molecule has 0 aliphatic carbocycles. The minimum absolute atomic E-state index is 0.0000868. The third-order valence-electron chi connectivity index (χ3n) is 3.59. The van der Waals surface area contributed by atoms with Crippen LogP contribution < -0.4 is 4.74 Å². The number of ether oxygens (including phenoxy) is 1. The SMILES string of the molecule is COc1cccc2[nH]cc(Sc3ccccc3C(=O)N(C)C)c12. The maximum Gasteiger partial charge on any atom is 0.254 e. The van der Waals surface area contributed by atoms with Crippen molar-refractivity contribution in [1.29, 1.82) is 0 Å². The Morgan fingerprint density at radius 1 is 1.09 bits per heavy atom. The predicted molar refractivity (Wildman–Crippen MR) is 93.4 cm³/mol. The molecule has 0 unspecified atom stereocenters. The number of carbonyl (C=O) groups excluding carboxylic acids is 1. The first-order chi connectivity index (χ1) is 11.1. The molecule has 0 atom stereocenters. The fraction of sp³-hybridized carbons (Fsp3) is 0.167. The summed E-state index contributed by atoms with van der Waals surface area (Å²) in [6.45, 7) is 0. The average Bonchev–Trinajstić information content (AvgIpc) is 2.98. The summed E-state index contributed by atoms with van der Waals surface area (Å²) < 4.78 is 5.47. The molecule has 0 aliphatic heterocycles. The first-order valence-electron chi connectivity index (χ1n) is 7.24. The van der Waals surface area contributed by atoms with Gasteiger partial charge in [0, 0.05) is 30.1 Å². The molecule has 118 valence electrons. The van der Waals surface area contributed by atoms with Crippen LogP contribution in [0.4, 0.5) is 0 Å². The van der Waals surface area contributed by atoms with E-state index in [4.69, 9.17) is 4.74 Å². The normalized spacial score (nSPS) is 10.7. The van der Waals surface area contributed by atoms with Crippen LogP contribution in [0.2, 0.25) is 0 Å². The van der Waals surface area contributed by atoms with Crippen LogP contribution in [0.3, 0.4) is 0 Å². The lowest BCUT2D eigenvalue weighted by Gasteiger charge is -2.13. The van der Waals surface area contributed by atoms with Gasteiger partial charge >= 0.3 is 0 Å². The van der Waals surface area contributed by atoms with E-state index in [0.717, 1.165) is 26.4 Å². The molecular formula is C18H18N2O2S. The maximum atomic E-state index is 12.4. The van der Waals surface area contributed by atoms with Gasteiger partial charge in [0.25, 0.3) is 5.91 Å². The monoisotopic (exact) mass is 326 g/mol. The van der Waals surface area contributed by atoms with Crippen molar-refractivity contribution in [2.24, 2.45) is 0 Å². The van der Waals surface area contributed by atoms with Gasteiger partial charge in [-0.1, -0.05) is 30.0 Å². The van der Waals surface area contributed by atoms with Gasteiger partial charge < -0.3 is 14.6 Å². The fourth-order valence-electron chi connectivity index (χ4n) is 2.46. The van der Waals surface area contributed by atoms with Crippen LogP contribution in [-0.4, -0.2) is 37.0 Å². The Labute approximate surface area is 139 Å². The Hall–Kier alpha value is -2.40. The number of hydrogen-bond donors (Lipinski definition) is 1. The highest BCUT2D eigenvalue weighted by Crippen LogP contribution is 2.39. The second kappa shape index (κ2) is 6.38. The van der Waals surface area contributed by atoms with Crippen LogP contribution in [-0.2, 0) is 0 Å².